The van der Waals surface area contributed by atoms with Crippen molar-refractivity contribution < 1.29 is 39.5 Å². The van der Waals surface area contributed by atoms with Gasteiger partial charge in [-0.3, -0.25) is 0 Å². The quantitative estimate of drug-likeness (QED) is 0.188. The molecule has 6 heavy (non-hydrogen) atoms. The fraction of sp³-hybridized carbons (Fsp3) is 1.00. The zero-order valence-corrected chi connectivity index (χ0v) is 5.89. The number of aliphatic hydroxyl groups is 2. The van der Waals surface area contributed by atoms with E-state index in [1.54, 1.807) is 0 Å². The van der Waals surface area contributed by atoms with Crippen LogP contribution in [0.1, 0.15) is 0 Å². The molecule has 1 aliphatic rings. The van der Waals surface area contributed by atoms with Crippen LogP contribution >= 0.6 is 0 Å². The van der Waals surface area contributed by atoms with Crippen molar-refractivity contribution in [2.75, 3.05) is 0 Å². The number of rotatable bonds is 0. The first-order chi connectivity index (χ1) is 2.21. The minimum absolute atomic E-state index is 0. The Morgan fingerprint density at radius 1 is 1.17 bits per heavy atom. The molecule has 0 aromatic rings. The summed E-state index contributed by atoms with van der Waals surface area (Å²) in [6.45, 7) is 0. The first-order valence-electron chi connectivity index (χ1n) is 1.02. The molecule has 0 aliphatic carbocycles. The van der Waals surface area contributed by atoms with Crippen molar-refractivity contribution in [2.45, 2.75) is 6.16 Å². The molecule has 0 bridgehead atoms. The third-order valence-corrected chi connectivity index (χ3v) is 0.232. The van der Waals surface area contributed by atoms with Crippen molar-refractivity contribution in [3.63, 3.8) is 0 Å². The summed E-state index contributed by atoms with van der Waals surface area (Å²) in [4.78, 5) is 7.01. The third kappa shape index (κ3) is 1.79. The van der Waals surface area contributed by atoms with Crippen molar-refractivity contribution in [3.8, 4) is 0 Å². The minimum Gasteiger partial charge on any atom is -0.315 e. The first-order valence-corrected chi connectivity index (χ1v) is 1.02. The molecule has 0 spiro atoms. The van der Waals surface area contributed by atoms with Crippen LogP contribution in [-0.2, 0) is 29.3 Å². The Bertz CT molecular complexity index is 45.5. The summed E-state index contributed by atoms with van der Waals surface area (Å²) < 4.78 is 0. The van der Waals surface area contributed by atoms with Gasteiger partial charge in [0.15, 0.2) is 0 Å². The predicted octanol–water partition coefficient (Wildman–Crippen LogP) is -1.46. The largest absolute Gasteiger partial charge is 0.461 e. The summed E-state index contributed by atoms with van der Waals surface area (Å²) >= 11 is 0. The van der Waals surface area contributed by atoms with Gasteiger partial charge in [-0.1, -0.05) is 0 Å². The van der Waals surface area contributed by atoms with Gasteiger partial charge in [-0.05, 0) is 0 Å². The van der Waals surface area contributed by atoms with E-state index in [0.717, 1.165) is 0 Å². The predicted molar refractivity (Wildman–Crippen MR) is 9.34 cm³/mol. The fourth-order valence-electron chi connectivity index (χ4n) is 0.0373. The van der Waals surface area contributed by atoms with Gasteiger partial charge in [-0.25, -0.2) is 0 Å². The Balaban J connectivity index is 0.000000250. The minimum atomic E-state index is -2.25. The second-order valence-corrected chi connectivity index (χ2v) is 0.715. The van der Waals surface area contributed by atoms with E-state index >= 15 is 0 Å². The normalized spacial score (nSPS) is 25.0. The van der Waals surface area contributed by atoms with Crippen molar-refractivity contribution in [3.05, 3.63) is 0 Å². The molecular weight excluding hydrogens is 141 g/mol. The topological polar surface area (TPSA) is 65.5 Å². The molecule has 1 rings (SSSR count). The fourth-order valence-corrected chi connectivity index (χ4v) is 0.0373. The van der Waals surface area contributed by atoms with Gasteiger partial charge >= 0.3 is 6.16 Å². The van der Waals surface area contributed by atoms with Gasteiger partial charge in [0.25, 0.3) is 0 Å². The van der Waals surface area contributed by atoms with Crippen molar-refractivity contribution in [1.29, 1.82) is 0 Å². The summed E-state index contributed by atoms with van der Waals surface area (Å²) in [5, 5.41) is 15.5. The van der Waals surface area contributed by atoms with Crippen LogP contribution in [0.25, 0.3) is 0 Å². The van der Waals surface area contributed by atoms with Crippen molar-refractivity contribution in [2.24, 2.45) is 0 Å². The van der Waals surface area contributed by atoms with Crippen LogP contribution in [0.4, 0.5) is 0 Å². The molecule has 1 saturated heterocycles. The van der Waals surface area contributed by atoms with Gasteiger partial charge in [0.1, 0.15) is 0 Å². The molecule has 0 unspecified atom stereocenters. The maximum Gasteiger partial charge on any atom is 0.461 e. The molecule has 0 radical (unpaired) electrons. The number of hydrogen-bond acceptors (Lipinski definition) is 4. The van der Waals surface area contributed by atoms with E-state index in [0.29, 0.717) is 0 Å². The van der Waals surface area contributed by atoms with E-state index in [1.165, 1.54) is 0 Å². The van der Waals surface area contributed by atoms with Crippen LogP contribution in [0.3, 0.4) is 0 Å². The summed E-state index contributed by atoms with van der Waals surface area (Å²) in [6.07, 6.45) is -2.25. The Labute approximate surface area is 46.4 Å². The van der Waals surface area contributed by atoms with E-state index in [4.69, 9.17) is 10.2 Å². The van der Waals surface area contributed by atoms with Crippen LogP contribution in [0, 0.1) is 0 Å². The van der Waals surface area contributed by atoms with E-state index in [-0.39, 0.29) is 19.5 Å². The van der Waals surface area contributed by atoms with E-state index < -0.39 is 6.16 Å². The maximum atomic E-state index is 7.74. The number of hydrogen-bond donors (Lipinski definition) is 2. The van der Waals surface area contributed by atoms with Gasteiger partial charge in [-0.2, -0.15) is 0 Å². The van der Waals surface area contributed by atoms with Crippen LogP contribution in [-0.4, -0.2) is 16.4 Å². The Kier molecular flexibility index (Phi) is 1.64. The second-order valence-electron chi connectivity index (χ2n) is 0.715. The maximum absolute atomic E-state index is 7.74. The van der Waals surface area contributed by atoms with Crippen LogP contribution in [0.5, 0.6) is 0 Å². The Morgan fingerprint density at radius 3 is 1.33 bits per heavy atom. The molecule has 0 amide bonds. The molecule has 0 aromatic heterocycles. The first kappa shape index (κ1) is 6.46. The van der Waals surface area contributed by atoms with Crippen LogP contribution < -0.4 is 0 Å². The zero-order valence-electron chi connectivity index (χ0n) is 2.92. The third-order valence-electron chi connectivity index (χ3n) is 0.232. The molecular formula is CH2O4Zn. The molecule has 1 heterocycles. The average Bonchev–Trinajstić information content (AvgIpc) is 1.76. The molecule has 0 atom stereocenters. The molecule has 1 aliphatic heterocycles. The van der Waals surface area contributed by atoms with Crippen LogP contribution in [0.2, 0.25) is 0 Å². The van der Waals surface area contributed by atoms with Gasteiger partial charge < -0.3 is 10.2 Å². The smallest absolute Gasteiger partial charge is 0.315 e. The molecule has 0 saturated carbocycles. The van der Waals surface area contributed by atoms with Crippen LogP contribution in [0.15, 0.2) is 0 Å². The zero-order chi connectivity index (χ0) is 3.91. The van der Waals surface area contributed by atoms with E-state index in [2.05, 4.69) is 9.78 Å². The molecule has 1 fully saturated rings. The monoisotopic (exact) mass is 142 g/mol. The van der Waals surface area contributed by atoms with Crippen molar-refractivity contribution in [1.82, 2.24) is 0 Å². The molecule has 32 valence electrons. The summed E-state index contributed by atoms with van der Waals surface area (Å²) in [7, 11) is 0. The molecule has 0 aromatic carbocycles. The standard InChI is InChI=1S/CH2O4.Zn/c2-1(3)4-5-1;/h2-3H;. The van der Waals surface area contributed by atoms with Gasteiger partial charge in [-0.15, -0.1) is 9.78 Å². The molecule has 2 N–H and O–H groups in total. The van der Waals surface area contributed by atoms with E-state index in [1.807, 2.05) is 0 Å². The van der Waals surface area contributed by atoms with Gasteiger partial charge in [0, 0.05) is 19.5 Å². The molecule has 4 nitrogen and oxygen atoms in total. The summed E-state index contributed by atoms with van der Waals surface area (Å²) in [5.41, 5.74) is 0. The van der Waals surface area contributed by atoms with E-state index in [9.17, 15) is 0 Å². The summed E-state index contributed by atoms with van der Waals surface area (Å²) in [6, 6.07) is 0. The average molecular weight is 143 g/mol. The summed E-state index contributed by atoms with van der Waals surface area (Å²) in [5.74, 6) is 0. The van der Waals surface area contributed by atoms with Crippen molar-refractivity contribution >= 4 is 0 Å². The van der Waals surface area contributed by atoms with Gasteiger partial charge in [0.05, 0.1) is 0 Å². The second kappa shape index (κ2) is 1.52. The Morgan fingerprint density at radius 2 is 1.33 bits per heavy atom. The van der Waals surface area contributed by atoms with Gasteiger partial charge in [0.2, 0.25) is 0 Å². The Hall–Kier alpha value is 0.463. The molecule has 5 heteroatoms. The SMILES string of the molecule is OC1(O)OO1.[Zn].